The second-order valence-corrected chi connectivity index (χ2v) is 10.6. The van der Waals surface area contributed by atoms with Crippen molar-refractivity contribution in [3.05, 3.63) is 23.8 Å². The van der Waals surface area contributed by atoms with E-state index in [1.807, 2.05) is 6.07 Å². The molecule has 0 radical (unpaired) electrons. The summed E-state index contributed by atoms with van der Waals surface area (Å²) < 4.78 is 40.4. The van der Waals surface area contributed by atoms with Crippen molar-refractivity contribution in [2.24, 2.45) is 0 Å². The molecule has 0 amide bonds. The van der Waals surface area contributed by atoms with Crippen LogP contribution in [0, 0.1) is 0 Å². The van der Waals surface area contributed by atoms with Gasteiger partial charge < -0.3 is 33.5 Å². The third kappa shape index (κ3) is 13.8. The highest BCUT2D eigenvalue weighted by Gasteiger charge is 2.24. The van der Waals surface area contributed by atoms with Crippen LogP contribution in [0.3, 0.4) is 0 Å². The van der Waals surface area contributed by atoms with E-state index >= 15 is 0 Å². The maximum Gasteiger partial charge on any atom is 0.359 e. The largest absolute Gasteiger partial charge is 0.490 e. The molecule has 1 aliphatic heterocycles. The summed E-state index contributed by atoms with van der Waals surface area (Å²) >= 11 is 0. The molecule has 0 spiro atoms. The molecule has 2 N–H and O–H groups in total. The molecule has 0 aromatic heterocycles. The molecule has 9 heteroatoms. The zero-order valence-corrected chi connectivity index (χ0v) is 22.2. The summed E-state index contributed by atoms with van der Waals surface area (Å²) in [5.74, 6) is 0.204. The van der Waals surface area contributed by atoms with E-state index in [1.165, 1.54) is 38.5 Å². The summed E-state index contributed by atoms with van der Waals surface area (Å²) in [6, 6.07) is 5.17. The summed E-state index contributed by atoms with van der Waals surface area (Å²) in [7, 11) is -4.48. The summed E-state index contributed by atoms with van der Waals surface area (Å²) in [5.41, 5.74) is 0.924. The molecule has 1 heterocycles. The molecule has 1 atom stereocenters. The quantitative estimate of drug-likeness (QED) is 0.294. The van der Waals surface area contributed by atoms with Gasteiger partial charge in [-0.1, -0.05) is 57.9 Å². The van der Waals surface area contributed by atoms with Gasteiger partial charge in [0.2, 0.25) is 0 Å². The van der Waals surface area contributed by atoms with Crippen molar-refractivity contribution in [2.45, 2.75) is 77.2 Å². The first-order chi connectivity index (χ1) is 17.0. The van der Waals surface area contributed by atoms with Crippen LogP contribution < -0.4 is 10.0 Å². The van der Waals surface area contributed by atoms with Crippen molar-refractivity contribution < 1.29 is 38.0 Å². The van der Waals surface area contributed by atoms with E-state index in [-0.39, 0.29) is 23.8 Å². The van der Waals surface area contributed by atoms with E-state index < -0.39 is 7.60 Å². The average Bonchev–Trinajstić information content (AvgIpc) is 2.86. The lowest BCUT2D eigenvalue weighted by molar-refractivity contribution is -0.0276. The second-order valence-electron chi connectivity index (χ2n) is 9.00. The van der Waals surface area contributed by atoms with Crippen LogP contribution in [-0.4, -0.2) is 68.7 Å². The van der Waals surface area contributed by atoms with E-state index in [2.05, 4.69) is 6.92 Å². The first-order valence-corrected chi connectivity index (χ1v) is 14.8. The van der Waals surface area contributed by atoms with Gasteiger partial charge in [0.1, 0.15) is 17.7 Å². The lowest BCUT2D eigenvalue weighted by atomic mass is 10.0. The SMILES string of the molecule is CCCCCCCCCCc1ccc(OCC2CCOCCOCCOCCO2)c(P(=O)(O)O)c1. The van der Waals surface area contributed by atoms with E-state index in [4.69, 9.17) is 23.7 Å². The van der Waals surface area contributed by atoms with Crippen LogP contribution in [0.2, 0.25) is 0 Å². The highest BCUT2D eigenvalue weighted by Crippen LogP contribution is 2.38. The van der Waals surface area contributed by atoms with Crippen molar-refractivity contribution in [3.8, 4) is 5.75 Å². The van der Waals surface area contributed by atoms with Crippen molar-refractivity contribution in [1.29, 1.82) is 0 Å². The van der Waals surface area contributed by atoms with Gasteiger partial charge in [0.15, 0.2) is 0 Å². The molecule has 1 aromatic carbocycles. The molecule has 1 aromatic rings. The molecule has 1 unspecified atom stereocenters. The third-order valence-corrected chi connectivity index (χ3v) is 6.97. The molecule has 0 bridgehead atoms. The standard InChI is InChI=1S/C26H45O8P/c1-2-3-4-5-6-7-8-9-10-23-11-12-25(26(21-23)35(27,28)29)34-22-24-13-14-30-15-16-31-17-18-32-19-20-33-24/h11-12,21,24H,2-10,13-20,22H2,1H3,(H2,27,28,29). The Kier molecular flexibility index (Phi) is 15.8. The van der Waals surface area contributed by atoms with Crippen LogP contribution >= 0.6 is 7.60 Å². The van der Waals surface area contributed by atoms with Gasteiger partial charge in [-0.25, -0.2) is 0 Å². The Morgan fingerprint density at radius 1 is 0.857 bits per heavy atom. The van der Waals surface area contributed by atoms with Gasteiger partial charge in [0, 0.05) is 13.0 Å². The number of unbranched alkanes of at least 4 members (excludes halogenated alkanes) is 7. The topological polar surface area (TPSA) is 104 Å². The van der Waals surface area contributed by atoms with Crippen LogP contribution in [0.5, 0.6) is 5.75 Å². The zero-order chi connectivity index (χ0) is 25.2. The van der Waals surface area contributed by atoms with Gasteiger partial charge in [0.25, 0.3) is 0 Å². The molecule has 0 aliphatic carbocycles. The fraction of sp³-hybridized carbons (Fsp3) is 0.769. The molecular weight excluding hydrogens is 471 g/mol. The minimum Gasteiger partial charge on any atom is -0.490 e. The smallest absolute Gasteiger partial charge is 0.359 e. The molecule has 2 rings (SSSR count). The lowest BCUT2D eigenvalue weighted by Gasteiger charge is -2.20. The number of ether oxygens (including phenoxy) is 5. The molecule has 8 nitrogen and oxygen atoms in total. The first-order valence-electron chi connectivity index (χ1n) is 13.2. The molecule has 1 aliphatic rings. The van der Waals surface area contributed by atoms with Gasteiger partial charge >= 0.3 is 7.60 Å². The van der Waals surface area contributed by atoms with Gasteiger partial charge in [-0.05, 0) is 30.5 Å². The van der Waals surface area contributed by atoms with E-state index in [1.54, 1.807) is 12.1 Å². The summed E-state index contributed by atoms with van der Waals surface area (Å²) in [6.07, 6.45) is 10.9. The Morgan fingerprint density at radius 2 is 1.46 bits per heavy atom. The van der Waals surface area contributed by atoms with Crippen molar-refractivity contribution in [2.75, 3.05) is 52.9 Å². The first kappa shape index (κ1) is 30.2. The van der Waals surface area contributed by atoms with Gasteiger partial charge in [-0.15, -0.1) is 0 Å². The van der Waals surface area contributed by atoms with E-state index in [0.717, 1.165) is 24.8 Å². The van der Waals surface area contributed by atoms with Crippen molar-refractivity contribution >= 4 is 12.9 Å². The predicted molar refractivity (Wildman–Crippen MR) is 137 cm³/mol. The Balaban J connectivity index is 1.87. The van der Waals surface area contributed by atoms with Gasteiger partial charge in [-0.2, -0.15) is 0 Å². The van der Waals surface area contributed by atoms with E-state index in [9.17, 15) is 14.4 Å². The second kappa shape index (κ2) is 18.3. The monoisotopic (exact) mass is 516 g/mol. The molecular formula is C26H45O8P. The Bertz CT molecular complexity index is 709. The number of hydrogen-bond acceptors (Lipinski definition) is 6. The van der Waals surface area contributed by atoms with Crippen molar-refractivity contribution in [1.82, 2.24) is 0 Å². The molecule has 1 saturated heterocycles. The maximum atomic E-state index is 12.2. The summed E-state index contributed by atoms with van der Waals surface area (Å²) in [4.78, 5) is 19.9. The minimum atomic E-state index is -4.48. The number of rotatable bonds is 13. The molecule has 1 fully saturated rings. The van der Waals surface area contributed by atoms with Crippen LogP contribution in [0.1, 0.15) is 70.3 Å². The fourth-order valence-electron chi connectivity index (χ4n) is 3.96. The van der Waals surface area contributed by atoms with Crippen LogP contribution in [0.25, 0.3) is 0 Å². The highest BCUT2D eigenvalue weighted by atomic mass is 31.2. The Morgan fingerprint density at radius 3 is 2.11 bits per heavy atom. The van der Waals surface area contributed by atoms with Gasteiger partial charge in [-0.3, -0.25) is 4.57 Å². The summed E-state index contributed by atoms with van der Waals surface area (Å²) in [5, 5.41) is -0.0593. The predicted octanol–water partition coefficient (Wildman–Crippen LogP) is 4.39. The number of aryl methyl sites for hydroxylation is 1. The normalized spacial score (nSPS) is 18.9. The number of benzene rings is 1. The fourth-order valence-corrected chi connectivity index (χ4v) is 4.72. The Labute approximate surface area is 210 Å². The molecule has 35 heavy (non-hydrogen) atoms. The molecule has 202 valence electrons. The lowest BCUT2D eigenvalue weighted by Crippen LogP contribution is -2.27. The molecule has 0 saturated carbocycles. The summed E-state index contributed by atoms with van der Waals surface area (Å²) in [6.45, 7) is 5.76. The number of hydrogen-bond donors (Lipinski definition) is 2. The average molecular weight is 517 g/mol. The van der Waals surface area contributed by atoms with Crippen LogP contribution in [0.4, 0.5) is 0 Å². The van der Waals surface area contributed by atoms with Gasteiger partial charge in [0.05, 0.1) is 45.7 Å². The van der Waals surface area contributed by atoms with E-state index in [0.29, 0.717) is 52.7 Å². The van der Waals surface area contributed by atoms with Crippen molar-refractivity contribution in [3.63, 3.8) is 0 Å². The van der Waals surface area contributed by atoms with Crippen LogP contribution in [-0.2, 0) is 29.9 Å². The zero-order valence-electron chi connectivity index (χ0n) is 21.3. The highest BCUT2D eigenvalue weighted by molar-refractivity contribution is 7.60. The Hall–Kier alpha value is -0.990. The third-order valence-electron chi connectivity index (χ3n) is 5.99. The minimum absolute atomic E-state index is 0.0593. The maximum absolute atomic E-state index is 12.2. The van der Waals surface area contributed by atoms with Crippen LogP contribution in [0.15, 0.2) is 18.2 Å².